The molecule has 0 aliphatic carbocycles. The second-order valence-electron chi connectivity index (χ2n) is 2.97. The van der Waals surface area contributed by atoms with Crippen molar-refractivity contribution in [2.75, 3.05) is 5.73 Å². The number of nitrogens with two attached hydrogens (primary N) is 1. The molecule has 0 amide bonds. The summed E-state index contributed by atoms with van der Waals surface area (Å²) in [7, 11) is 2.00. The van der Waals surface area contributed by atoms with Gasteiger partial charge in [-0.2, -0.15) is 0 Å². The number of aryl methyl sites for hydroxylation is 2. The van der Waals surface area contributed by atoms with E-state index in [1.165, 1.54) is 0 Å². The minimum Gasteiger partial charge on any atom is -0.399 e. The molecule has 2 aromatic rings. The number of hydrogen-bond acceptors (Lipinski definition) is 2. The SMILES string of the molecule is Cc1nc2cc(N)ccc2n1C.Cl. The number of rotatable bonds is 0. The molecule has 0 aliphatic heterocycles. The maximum atomic E-state index is 5.63. The Bertz CT molecular complexity index is 434. The molecular formula is C9H12ClN3. The minimum absolute atomic E-state index is 0. The van der Waals surface area contributed by atoms with Crippen molar-refractivity contribution >= 4 is 29.1 Å². The molecule has 1 aromatic carbocycles. The van der Waals surface area contributed by atoms with Gasteiger partial charge < -0.3 is 10.3 Å². The van der Waals surface area contributed by atoms with Crippen molar-refractivity contribution in [3.8, 4) is 0 Å². The van der Waals surface area contributed by atoms with E-state index in [4.69, 9.17) is 5.73 Å². The Morgan fingerprint density at radius 3 is 2.77 bits per heavy atom. The van der Waals surface area contributed by atoms with E-state index in [1.54, 1.807) is 0 Å². The van der Waals surface area contributed by atoms with E-state index in [0.717, 1.165) is 22.5 Å². The van der Waals surface area contributed by atoms with E-state index in [1.807, 2.05) is 32.2 Å². The number of benzene rings is 1. The number of fused-ring (bicyclic) bond motifs is 1. The molecule has 0 saturated carbocycles. The molecule has 2 rings (SSSR count). The predicted molar refractivity (Wildman–Crippen MR) is 57.1 cm³/mol. The Balaban J connectivity index is 0.000000845. The lowest BCUT2D eigenvalue weighted by Crippen LogP contribution is -1.90. The van der Waals surface area contributed by atoms with Crippen LogP contribution in [0.1, 0.15) is 5.82 Å². The van der Waals surface area contributed by atoms with E-state index in [9.17, 15) is 0 Å². The zero-order valence-corrected chi connectivity index (χ0v) is 8.43. The number of aromatic nitrogens is 2. The van der Waals surface area contributed by atoms with Gasteiger partial charge in [0.25, 0.3) is 0 Å². The third-order valence-corrected chi connectivity index (χ3v) is 2.13. The van der Waals surface area contributed by atoms with Crippen LogP contribution in [0.4, 0.5) is 5.69 Å². The molecule has 1 heterocycles. The Hall–Kier alpha value is -1.22. The molecule has 1 aromatic heterocycles. The molecule has 0 radical (unpaired) electrons. The minimum atomic E-state index is 0. The van der Waals surface area contributed by atoms with Crippen molar-refractivity contribution < 1.29 is 0 Å². The summed E-state index contributed by atoms with van der Waals surface area (Å²) in [4.78, 5) is 4.36. The van der Waals surface area contributed by atoms with Gasteiger partial charge in [-0.25, -0.2) is 4.98 Å². The lowest BCUT2D eigenvalue weighted by Gasteiger charge is -1.95. The average Bonchev–Trinajstić information content (AvgIpc) is 2.28. The van der Waals surface area contributed by atoms with Gasteiger partial charge in [0.05, 0.1) is 11.0 Å². The number of halogens is 1. The van der Waals surface area contributed by atoms with Crippen molar-refractivity contribution in [3.05, 3.63) is 24.0 Å². The van der Waals surface area contributed by atoms with E-state index in [2.05, 4.69) is 9.55 Å². The van der Waals surface area contributed by atoms with Gasteiger partial charge in [0, 0.05) is 12.7 Å². The Labute approximate surface area is 83.0 Å². The number of nitrogen functional groups attached to an aromatic ring is 1. The van der Waals surface area contributed by atoms with Crippen LogP contribution in [0, 0.1) is 6.92 Å². The summed E-state index contributed by atoms with van der Waals surface area (Å²) in [5.41, 5.74) is 8.49. The van der Waals surface area contributed by atoms with Crippen molar-refractivity contribution in [2.24, 2.45) is 7.05 Å². The first-order valence-corrected chi connectivity index (χ1v) is 3.87. The quantitative estimate of drug-likeness (QED) is 0.656. The standard InChI is InChI=1S/C9H11N3.ClH/c1-6-11-8-5-7(10)3-4-9(8)12(6)2;/h3-5H,10H2,1-2H3;1H. The van der Waals surface area contributed by atoms with E-state index in [-0.39, 0.29) is 12.4 Å². The maximum absolute atomic E-state index is 5.63. The zero-order valence-electron chi connectivity index (χ0n) is 7.61. The summed E-state index contributed by atoms with van der Waals surface area (Å²) in [6, 6.07) is 5.77. The summed E-state index contributed by atoms with van der Waals surface area (Å²) in [6.45, 7) is 1.98. The van der Waals surface area contributed by atoms with Gasteiger partial charge in [-0.15, -0.1) is 12.4 Å². The lowest BCUT2D eigenvalue weighted by molar-refractivity contribution is 0.886. The van der Waals surface area contributed by atoms with E-state index in [0.29, 0.717) is 0 Å². The fraction of sp³-hybridized carbons (Fsp3) is 0.222. The van der Waals surface area contributed by atoms with Gasteiger partial charge in [0.1, 0.15) is 5.82 Å². The third kappa shape index (κ3) is 1.47. The summed E-state index contributed by atoms with van der Waals surface area (Å²) in [5, 5.41) is 0. The van der Waals surface area contributed by atoms with Crippen molar-refractivity contribution in [1.29, 1.82) is 0 Å². The normalized spacial score (nSPS) is 10.0. The van der Waals surface area contributed by atoms with Gasteiger partial charge in [0.15, 0.2) is 0 Å². The first-order chi connectivity index (χ1) is 5.68. The van der Waals surface area contributed by atoms with Crippen LogP contribution in [-0.4, -0.2) is 9.55 Å². The highest BCUT2D eigenvalue weighted by atomic mass is 35.5. The molecule has 0 atom stereocenters. The number of anilines is 1. The molecule has 0 bridgehead atoms. The second-order valence-corrected chi connectivity index (χ2v) is 2.97. The zero-order chi connectivity index (χ0) is 8.72. The molecular weight excluding hydrogens is 186 g/mol. The molecule has 0 saturated heterocycles. The van der Waals surface area contributed by atoms with Crippen molar-refractivity contribution in [1.82, 2.24) is 9.55 Å². The molecule has 13 heavy (non-hydrogen) atoms. The van der Waals surface area contributed by atoms with Gasteiger partial charge in [0.2, 0.25) is 0 Å². The highest BCUT2D eigenvalue weighted by Crippen LogP contribution is 2.16. The third-order valence-electron chi connectivity index (χ3n) is 2.13. The Kier molecular flexibility index (Phi) is 2.48. The van der Waals surface area contributed by atoms with E-state index < -0.39 is 0 Å². The van der Waals surface area contributed by atoms with Crippen molar-refractivity contribution in [2.45, 2.75) is 6.92 Å². The molecule has 2 N–H and O–H groups in total. The summed E-state index contributed by atoms with van der Waals surface area (Å²) in [6.07, 6.45) is 0. The monoisotopic (exact) mass is 197 g/mol. The van der Waals surface area contributed by atoms with Crippen LogP contribution in [0.5, 0.6) is 0 Å². The molecule has 3 nitrogen and oxygen atoms in total. The predicted octanol–water partition coefficient (Wildman–Crippen LogP) is 1.89. The first-order valence-electron chi connectivity index (χ1n) is 3.87. The number of nitrogens with zero attached hydrogens (tertiary/aromatic N) is 2. The number of hydrogen-bond donors (Lipinski definition) is 1. The van der Waals surface area contributed by atoms with Crippen LogP contribution in [0.3, 0.4) is 0 Å². The fourth-order valence-electron chi connectivity index (χ4n) is 1.34. The Morgan fingerprint density at radius 2 is 2.08 bits per heavy atom. The van der Waals surface area contributed by atoms with Crippen LogP contribution in [0.25, 0.3) is 11.0 Å². The van der Waals surface area contributed by atoms with Crippen molar-refractivity contribution in [3.63, 3.8) is 0 Å². The highest BCUT2D eigenvalue weighted by Gasteiger charge is 2.02. The van der Waals surface area contributed by atoms with Gasteiger partial charge in [-0.05, 0) is 25.1 Å². The number of imidazole rings is 1. The molecule has 4 heteroatoms. The topological polar surface area (TPSA) is 43.8 Å². The molecule has 0 spiro atoms. The van der Waals surface area contributed by atoms with Crippen LogP contribution in [0.2, 0.25) is 0 Å². The molecule has 0 fully saturated rings. The van der Waals surface area contributed by atoms with Gasteiger partial charge >= 0.3 is 0 Å². The average molecular weight is 198 g/mol. The van der Waals surface area contributed by atoms with Crippen LogP contribution >= 0.6 is 12.4 Å². The summed E-state index contributed by atoms with van der Waals surface area (Å²) < 4.78 is 2.05. The Morgan fingerprint density at radius 1 is 1.38 bits per heavy atom. The summed E-state index contributed by atoms with van der Waals surface area (Å²) >= 11 is 0. The molecule has 0 unspecified atom stereocenters. The van der Waals surface area contributed by atoms with Gasteiger partial charge in [-0.3, -0.25) is 0 Å². The molecule has 70 valence electrons. The van der Waals surface area contributed by atoms with Gasteiger partial charge in [-0.1, -0.05) is 0 Å². The smallest absolute Gasteiger partial charge is 0.106 e. The fourth-order valence-corrected chi connectivity index (χ4v) is 1.34. The second kappa shape index (κ2) is 3.26. The summed E-state index contributed by atoms with van der Waals surface area (Å²) in [5.74, 6) is 1.01. The highest BCUT2D eigenvalue weighted by molar-refractivity contribution is 5.85. The largest absolute Gasteiger partial charge is 0.399 e. The van der Waals surface area contributed by atoms with Crippen LogP contribution < -0.4 is 5.73 Å². The lowest BCUT2D eigenvalue weighted by atomic mass is 10.3. The first kappa shape index (κ1) is 9.86. The maximum Gasteiger partial charge on any atom is 0.106 e. The van der Waals surface area contributed by atoms with E-state index >= 15 is 0 Å². The molecule has 0 aliphatic rings. The van der Waals surface area contributed by atoms with Crippen LogP contribution in [0.15, 0.2) is 18.2 Å². The van der Waals surface area contributed by atoms with Crippen LogP contribution in [-0.2, 0) is 7.05 Å².